The summed E-state index contributed by atoms with van der Waals surface area (Å²) in [5, 5.41) is 9.06. The van der Waals surface area contributed by atoms with Gasteiger partial charge in [-0.2, -0.15) is 0 Å². The first-order valence-corrected chi connectivity index (χ1v) is 8.95. The fraction of sp³-hybridized carbons (Fsp3) is 0.688. The van der Waals surface area contributed by atoms with Crippen LogP contribution in [0.15, 0.2) is 22.5 Å². The average molecular weight is 436 g/mol. The highest BCUT2D eigenvalue weighted by molar-refractivity contribution is 14.0. The Morgan fingerprint density at radius 2 is 2.14 bits per heavy atom. The van der Waals surface area contributed by atoms with Crippen LogP contribution in [0.4, 0.5) is 0 Å². The molecule has 2 N–H and O–H groups in total. The first kappa shape index (κ1) is 19.7. The number of nitrogens with zero attached hydrogens (tertiary/aromatic N) is 2. The van der Waals surface area contributed by atoms with Gasteiger partial charge in [0.15, 0.2) is 5.96 Å². The maximum absolute atomic E-state index is 4.32. The van der Waals surface area contributed by atoms with Crippen molar-refractivity contribution in [2.45, 2.75) is 38.6 Å². The minimum absolute atomic E-state index is 0. The van der Waals surface area contributed by atoms with E-state index in [9.17, 15) is 0 Å². The fourth-order valence-electron chi connectivity index (χ4n) is 2.74. The zero-order valence-corrected chi connectivity index (χ0v) is 16.8. The zero-order valence-electron chi connectivity index (χ0n) is 13.7. The number of guanidine groups is 1. The minimum Gasteiger partial charge on any atom is -0.356 e. The second kappa shape index (κ2) is 11.2. The molecule has 0 radical (unpaired) electrons. The van der Waals surface area contributed by atoms with E-state index in [0.717, 1.165) is 19.0 Å². The molecule has 0 aliphatic carbocycles. The number of hydrogen-bond donors (Lipinski definition) is 2. The van der Waals surface area contributed by atoms with Crippen LogP contribution in [0.3, 0.4) is 0 Å². The summed E-state index contributed by atoms with van der Waals surface area (Å²) in [4.78, 5) is 8.37. The van der Waals surface area contributed by atoms with E-state index in [-0.39, 0.29) is 24.0 Å². The molecule has 22 heavy (non-hydrogen) atoms. The molecule has 6 heteroatoms. The van der Waals surface area contributed by atoms with E-state index < -0.39 is 0 Å². The van der Waals surface area contributed by atoms with Crippen molar-refractivity contribution in [2.75, 3.05) is 33.2 Å². The number of nitrogens with one attached hydrogen (secondary N) is 2. The van der Waals surface area contributed by atoms with Crippen LogP contribution in [0.25, 0.3) is 0 Å². The van der Waals surface area contributed by atoms with Crippen molar-refractivity contribution in [1.82, 2.24) is 15.5 Å². The molecule has 4 nitrogen and oxygen atoms in total. The highest BCUT2D eigenvalue weighted by Crippen LogP contribution is 2.27. The molecular weight excluding hydrogens is 407 g/mol. The Hall–Kier alpha value is -0.340. The third-order valence-corrected chi connectivity index (χ3v) is 4.94. The van der Waals surface area contributed by atoms with Gasteiger partial charge in [0.05, 0.1) is 6.04 Å². The number of aliphatic imine (C=N–C) groups is 1. The summed E-state index contributed by atoms with van der Waals surface area (Å²) in [6, 6.07) is 4.87. The summed E-state index contributed by atoms with van der Waals surface area (Å²) < 4.78 is 0. The third kappa shape index (κ3) is 6.04. The van der Waals surface area contributed by atoms with Gasteiger partial charge in [-0.1, -0.05) is 19.4 Å². The van der Waals surface area contributed by atoms with E-state index in [1.165, 1.54) is 43.6 Å². The van der Waals surface area contributed by atoms with Gasteiger partial charge < -0.3 is 10.6 Å². The molecule has 1 aromatic rings. The average Bonchev–Trinajstić information content (AvgIpc) is 3.19. The monoisotopic (exact) mass is 436 g/mol. The summed E-state index contributed by atoms with van der Waals surface area (Å²) >= 11 is 1.86. The maximum Gasteiger partial charge on any atom is 0.191 e. The van der Waals surface area contributed by atoms with E-state index in [4.69, 9.17) is 0 Å². The van der Waals surface area contributed by atoms with Gasteiger partial charge in [-0.25, -0.2) is 0 Å². The van der Waals surface area contributed by atoms with Gasteiger partial charge in [0.2, 0.25) is 0 Å². The first-order chi connectivity index (χ1) is 10.3. The van der Waals surface area contributed by atoms with Crippen LogP contribution in [-0.2, 0) is 0 Å². The molecule has 126 valence electrons. The van der Waals surface area contributed by atoms with Gasteiger partial charge in [-0.3, -0.25) is 9.89 Å². The van der Waals surface area contributed by atoms with Crippen LogP contribution < -0.4 is 10.6 Å². The Morgan fingerprint density at radius 3 is 2.73 bits per heavy atom. The van der Waals surface area contributed by atoms with E-state index in [0.29, 0.717) is 6.04 Å². The first-order valence-electron chi connectivity index (χ1n) is 8.07. The number of hydrogen-bond acceptors (Lipinski definition) is 3. The quantitative estimate of drug-likeness (QED) is 0.298. The largest absolute Gasteiger partial charge is 0.356 e. The van der Waals surface area contributed by atoms with Gasteiger partial charge in [-0.05, 0) is 43.8 Å². The molecule has 1 aromatic heterocycles. The normalized spacial score (nSPS) is 17.1. The minimum atomic E-state index is 0. The van der Waals surface area contributed by atoms with E-state index in [1.54, 1.807) is 0 Å². The van der Waals surface area contributed by atoms with Crippen LogP contribution in [0.5, 0.6) is 0 Å². The molecule has 1 atom stereocenters. The fourth-order valence-corrected chi connectivity index (χ4v) is 3.60. The number of rotatable bonds is 7. The second-order valence-corrected chi connectivity index (χ2v) is 6.49. The molecule has 1 aliphatic heterocycles. The number of thiophene rings is 1. The number of unbranched alkanes of at least 4 members (excludes halogenated alkanes) is 1. The van der Waals surface area contributed by atoms with Crippen LogP contribution >= 0.6 is 35.3 Å². The second-order valence-electron chi connectivity index (χ2n) is 5.51. The summed E-state index contributed by atoms with van der Waals surface area (Å²) in [5.74, 6) is 0.921. The van der Waals surface area contributed by atoms with E-state index >= 15 is 0 Å². The topological polar surface area (TPSA) is 39.7 Å². The van der Waals surface area contributed by atoms with E-state index in [1.807, 2.05) is 18.4 Å². The maximum atomic E-state index is 4.32. The summed E-state index contributed by atoms with van der Waals surface area (Å²) in [6.45, 7) is 6.55. The molecule has 0 spiro atoms. The predicted molar refractivity (Wildman–Crippen MR) is 108 cm³/mol. The molecule has 0 amide bonds. The van der Waals surface area contributed by atoms with Crippen molar-refractivity contribution in [2.24, 2.45) is 4.99 Å². The van der Waals surface area contributed by atoms with Crippen molar-refractivity contribution in [3.63, 3.8) is 0 Å². The molecule has 1 saturated heterocycles. The summed E-state index contributed by atoms with van der Waals surface area (Å²) in [5.41, 5.74) is 0. The lowest BCUT2D eigenvalue weighted by Crippen LogP contribution is -2.42. The van der Waals surface area contributed by atoms with E-state index in [2.05, 4.69) is 45.0 Å². The lowest BCUT2D eigenvalue weighted by atomic mass is 10.2. The SMILES string of the molecule is CCCCNC(=NC)NCC(c1cccs1)N1CCCC1.I. The van der Waals surface area contributed by atoms with Crippen molar-refractivity contribution in [1.29, 1.82) is 0 Å². The van der Waals surface area contributed by atoms with Gasteiger partial charge >= 0.3 is 0 Å². The van der Waals surface area contributed by atoms with Gasteiger partial charge in [0, 0.05) is 25.0 Å². The van der Waals surface area contributed by atoms with Crippen LogP contribution in [0.1, 0.15) is 43.5 Å². The lowest BCUT2D eigenvalue weighted by Gasteiger charge is -2.27. The highest BCUT2D eigenvalue weighted by atomic mass is 127. The Balaban J connectivity index is 0.00000242. The smallest absolute Gasteiger partial charge is 0.191 e. The van der Waals surface area contributed by atoms with Crippen molar-refractivity contribution in [3.8, 4) is 0 Å². The molecular formula is C16H29IN4S. The Kier molecular flexibility index (Phi) is 10.1. The molecule has 0 aromatic carbocycles. The molecule has 1 fully saturated rings. The molecule has 1 aliphatic rings. The molecule has 1 unspecified atom stereocenters. The molecule has 2 rings (SSSR count). The number of halogens is 1. The van der Waals surface area contributed by atoms with Crippen LogP contribution in [0.2, 0.25) is 0 Å². The van der Waals surface area contributed by atoms with Gasteiger partial charge in [-0.15, -0.1) is 35.3 Å². The number of likely N-dealkylation sites (tertiary alicyclic amines) is 1. The Morgan fingerprint density at radius 1 is 1.36 bits per heavy atom. The van der Waals surface area contributed by atoms with Crippen LogP contribution in [0, 0.1) is 0 Å². The molecule has 0 bridgehead atoms. The predicted octanol–water partition coefficient (Wildman–Crippen LogP) is 3.47. The zero-order chi connectivity index (χ0) is 14.9. The van der Waals surface area contributed by atoms with Crippen LogP contribution in [-0.4, -0.2) is 44.1 Å². The standard InChI is InChI=1S/C16H28N4S.HI/c1-3-4-9-18-16(17-2)19-13-14(15-8-7-12-21-15)20-10-5-6-11-20;/h7-8,12,14H,3-6,9-11,13H2,1-2H3,(H2,17,18,19);1H. The molecule has 2 heterocycles. The van der Waals surface area contributed by atoms with Crippen molar-refractivity contribution >= 4 is 41.3 Å². The van der Waals surface area contributed by atoms with Gasteiger partial charge in [0.1, 0.15) is 0 Å². The third-order valence-electron chi connectivity index (χ3n) is 3.96. The molecule has 0 saturated carbocycles. The lowest BCUT2D eigenvalue weighted by molar-refractivity contribution is 0.249. The van der Waals surface area contributed by atoms with Crippen molar-refractivity contribution < 1.29 is 0 Å². The highest BCUT2D eigenvalue weighted by Gasteiger charge is 2.24. The van der Waals surface area contributed by atoms with Gasteiger partial charge in [0.25, 0.3) is 0 Å². The summed E-state index contributed by atoms with van der Waals surface area (Å²) in [6.07, 6.45) is 5.04. The summed E-state index contributed by atoms with van der Waals surface area (Å²) in [7, 11) is 1.84. The van der Waals surface area contributed by atoms with Crippen molar-refractivity contribution in [3.05, 3.63) is 22.4 Å². The Bertz CT molecular complexity index is 416. The Labute approximate surface area is 155 Å².